The molecule has 6 heteroatoms. The summed E-state index contributed by atoms with van der Waals surface area (Å²) in [6, 6.07) is 14.7. The third-order valence-corrected chi connectivity index (χ3v) is 7.01. The molecular formula is C24H27FN2O2S. The van der Waals surface area contributed by atoms with Crippen LogP contribution in [0.1, 0.15) is 31.2 Å². The molecule has 2 heterocycles. The van der Waals surface area contributed by atoms with Crippen LogP contribution in [0.25, 0.3) is 0 Å². The Labute approximate surface area is 181 Å². The van der Waals surface area contributed by atoms with Crippen LogP contribution >= 0.6 is 11.8 Å². The van der Waals surface area contributed by atoms with Gasteiger partial charge in [0.25, 0.3) is 0 Å². The molecule has 4 rings (SSSR count). The molecule has 4 nitrogen and oxygen atoms in total. The number of halogens is 1. The number of carbonyl (C=O) groups excluding carboxylic acids is 2. The molecule has 2 aliphatic rings. The zero-order chi connectivity index (χ0) is 20.9. The van der Waals surface area contributed by atoms with Gasteiger partial charge in [-0.1, -0.05) is 24.3 Å². The number of anilines is 1. The van der Waals surface area contributed by atoms with Gasteiger partial charge < -0.3 is 9.80 Å². The van der Waals surface area contributed by atoms with Gasteiger partial charge in [0.2, 0.25) is 11.8 Å². The minimum absolute atomic E-state index is 0.0251. The van der Waals surface area contributed by atoms with E-state index < -0.39 is 0 Å². The van der Waals surface area contributed by atoms with Crippen molar-refractivity contribution in [2.45, 2.75) is 37.0 Å². The van der Waals surface area contributed by atoms with Gasteiger partial charge in [-0.2, -0.15) is 0 Å². The van der Waals surface area contributed by atoms with Gasteiger partial charge in [-0.05, 0) is 55.0 Å². The van der Waals surface area contributed by atoms with Crippen molar-refractivity contribution in [3.8, 4) is 0 Å². The van der Waals surface area contributed by atoms with Gasteiger partial charge in [0.1, 0.15) is 5.82 Å². The number of hydrogen-bond acceptors (Lipinski definition) is 3. The monoisotopic (exact) mass is 426 g/mol. The van der Waals surface area contributed by atoms with E-state index in [2.05, 4.69) is 0 Å². The molecule has 2 aliphatic heterocycles. The van der Waals surface area contributed by atoms with Gasteiger partial charge in [0.05, 0.1) is 5.69 Å². The SMILES string of the molecule is O=C(CCC(=O)N1CCSc2ccccc21)N1CCC(Cc2cccc(F)c2)CC1. The lowest BCUT2D eigenvalue weighted by Crippen LogP contribution is -2.40. The van der Waals surface area contributed by atoms with Crippen LogP contribution in [0, 0.1) is 11.7 Å². The molecule has 2 aromatic carbocycles. The van der Waals surface area contributed by atoms with Crippen LogP contribution < -0.4 is 4.90 Å². The number of piperidine rings is 1. The van der Waals surface area contributed by atoms with E-state index >= 15 is 0 Å². The van der Waals surface area contributed by atoms with Crippen LogP contribution in [0.5, 0.6) is 0 Å². The lowest BCUT2D eigenvalue weighted by atomic mass is 9.90. The molecule has 0 saturated carbocycles. The number of amides is 2. The lowest BCUT2D eigenvalue weighted by Gasteiger charge is -2.32. The molecule has 0 N–H and O–H groups in total. The van der Waals surface area contributed by atoms with Crippen molar-refractivity contribution < 1.29 is 14.0 Å². The fourth-order valence-corrected chi connectivity index (χ4v) is 5.31. The molecule has 0 aromatic heterocycles. The second-order valence-corrected chi connectivity index (χ2v) is 9.16. The summed E-state index contributed by atoms with van der Waals surface area (Å²) in [7, 11) is 0. The van der Waals surface area contributed by atoms with E-state index in [1.807, 2.05) is 40.1 Å². The van der Waals surface area contributed by atoms with E-state index in [0.29, 0.717) is 12.5 Å². The summed E-state index contributed by atoms with van der Waals surface area (Å²) < 4.78 is 13.4. The molecule has 0 aliphatic carbocycles. The van der Waals surface area contributed by atoms with Crippen LogP contribution in [-0.4, -0.2) is 42.1 Å². The Hall–Kier alpha value is -2.34. The molecular weight excluding hydrogens is 399 g/mol. The molecule has 30 heavy (non-hydrogen) atoms. The van der Waals surface area contributed by atoms with E-state index in [1.54, 1.807) is 23.9 Å². The maximum Gasteiger partial charge on any atom is 0.227 e. The normalized spacial score (nSPS) is 17.0. The van der Waals surface area contributed by atoms with Crippen molar-refractivity contribution in [2.24, 2.45) is 5.92 Å². The van der Waals surface area contributed by atoms with Gasteiger partial charge in [0, 0.05) is 43.1 Å². The maximum absolute atomic E-state index is 13.4. The third-order valence-electron chi connectivity index (χ3n) is 5.96. The predicted octanol–water partition coefficient (Wildman–Crippen LogP) is 4.53. The average Bonchev–Trinajstić information content (AvgIpc) is 2.77. The zero-order valence-electron chi connectivity index (χ0n) is 17.1. The molecule has 2 amide bonds. The van der Waals surface area contributed by atoms with Crippen molar-refractivity contribution in [1.29, 1.82) is 0 Å². The van der Waals surface area contributed by atoms with Crippen molar-refractivity contribution in [3.63, 3.8) is 0 Å². The van der Waals surface area contributed by atoms with Crippen LogP contribution in [-0.2, 0) is 16.0 Å². The minimum Gasteiger partial charge on any atom is -0.343 e. The average molecular weight is 427 g/mol. The van der Waals surface area contributed by atoms with Gasteiger partial charge in [-0.15, -0.1) is 11.8 Å². The molecule has 0 radical (unpaired) electrons. The Morgan fingerprint density at radius 3 is 2.53 bits per heavy atom. The third kappa shape index (κ3) is 5.04. The summed E-state index contributed by atoms with van der Waals surface area (Å²) in [5, 5.41) is 0. The summed E-state index contributed by atoms with van der Waals surface area (Å²) in [4.78, 5) is 30.2. The highest BCUT2D eigenvalue weighted by molar-refractivity contribution is 7.99. The number of carbonyl (C=O) groups is 2. The molecule has 0 unspecified atom stereocenters. The molecule has 1 saturated heterocycles. The quantitative estimate of drug-likeness (QED) is 0.706. The number of fused-ring (bicyclic) bond motifs is 1. The highest BCUT2D eigenvalue weighted by atomic mass is 32.2. The fraction of sp³-hybridized carbons (Fsp3) is 0.417. The van der Waals surface area contributed by atoms with Crippen molar-refractivity contribution in [2.75, 3.05) is 30.3 Å². The Morgan fingerprint density at radius 1 is 0.967 bits per heavy atom. The number of para-hydroxylation sites is 1. The van der Waals surface area contributed by atoms with Gasteiger partial charge in [-0.3, -0.25) is 9.59 Å². The van der Waals surface area contributed by atoms with Gasteiger partial charge in [0.15, 0.2) is 0 Å². The number of hydrogen-bond donors (Lipinski definition) is 0. The summed E-state index contributed by atoms with van der Waals surface area (Å²) >= 11 is 1.77. The van der Waals surface area contributed by atoms with Gasteiger partial charge >= 0.3 is 0 Å². The van der Waals surface area contributed by atoms with E-state index in [9.17, 15) is 14.0 Å². The second kappa shape index (κ2) is 9.65. The Bertz CT molecular complexity index is 912. The number of nitrogens with zero attached hydrogens (tertiary/aromatic N) is 2. The highest BCUT2D eigenvalue weighted by Gasteiger charge is 2.26. The first-order chi connectivity index (χ1) is 14.6. The summed E-state index contributed by atoms with van der Waals surface area (Å²) in [5.41, 5.74) is 1.98. The van der Waals surface area contributed by atoms with Crippen molar-refractivity contribution in [3.05, 3.63) is 59.9 Å². The van der Waals surface area contributed by atoms with Crippen molar-refractivity contribution >= 4 is 29.3 Å². The molecule has 158 valence electrons. The smallest absolute Gasteiger partial charge is 0.227 e. The van der Waals surface area contributed by atoms with Crippen LogP contribution in [0.3, 0.4) is 0 Å². The Kier molecular flexibility index (Phi) is 6.72. The van der Waals surface area contributed by atoms with E-state index in [0.717, 1.165) is 54.3 Å². The number of benzene rings is 2. The topological polar surface area (TPSA) is 40.6 Å². The second-order valence-electron chi connectivity index (χ2n) is 8.02. The first-order valence-electron chi connectivity index (χ1n) is 10.6. The Morgan fingerprint density at radius 2 is 1.73 bits per heavy atom. The standard InChI is InChI=1S/C24H27FN2O2S/c25-20-5-3-4-19(17-20)16-18-10-12-26(13-11-18)23(28)8-9-24(29)27-14-15-30-22-7-2-1-6-21(22)27/h1-7,17-18H,8-16H2. The van der Waals surface area contributed by atoms with Crippen LogP contribution in [0.2, 0.25) is 0 Å². The van der Waals surface area contributed by atoms with E-state index in [-0.39, 0.29) is 30.5 Å². The molecule has 0 spiro atoms. The number of thioether (sulfide) groups is 1. The fourth-order valence-electron chi connectivity index (χ4n) is 4.32. The minimum atomic E-state index is -0.195. The lowest BCUT2D eigenvalue weighted by molar-refractivity contribution is -0.134. The molecule has 2 aromatic rings. The first-order valence-corrected chi connectivity index (χ1v) is 11.6. The maximum atomic E-state index is 13.4. The Balaban J connectivity index is 1.24. The van der Waals surface area contributed by atoms with Crippen LogP contribution in [0.15, 0.2) is 53.4 Å². The zero-order valence-corrected chi connectivity index (χ0v) is 17.9. The molecule has 0 bridgehead atoms. The van der Waals surface area contributed by atoms with E-state index in [1.165, 1.54) is 6.07 Å². The van der Waals surface area contributed by atoms with E-state index in [4.69, 9.17) is 0 Å². The van der Waals surface area contributed by atoms with Crippen LogP contribution in [0.4, 0.5) is 10.1 Å². The van der Waals surface area contributed by atoms with Crippen molar-refractivity contribution in [1.82, 2.24) is 4.90 Å². The summed E-state index contributed by atoms with van der Waals surface area (Å²) in [5.74, 6) is 1.25. The summed E-state index contributed by atoms with van der Waals surface area (Å²) in [6.07, 6.45) is 3.21. The molecule has 0 atom stereocenters. The largest absolute Gasteiger partial charge is 0.343 e. The highest BCUT2D eigenvalue weighted by Crippen LogP contribution is 2.34. The number of likely N-dealkylation sites (tertiary alicyclic amines) is 1. The summed E-state index contributed by atoms with van der Waals surface area (Å²) in [6.45, 7) is 2.13. The predicted molar refractivity (Wildman–Crippen MR) is 118 cm³/mol. The molecule has 1 fully saturated rings. The van der Waals surface area contributed by atoms with Gasteiger partial charge in [-0.25, -0.2) is 4.39 Å². The first kappa shape index (κ1) is 20.9. The number of rotatable bonds is 5.